The average Bonchev–Trinajstić information content (AvgIpc) is 3.08. The van der Waals surface area contributed by atoms with Crippen molar-refractivity contribution in [2.24, 2.45) is 0 Å². The Kier molecular flexibility index (Phi) is 3.99. The molecule has 0 unspecified atom stereocenters. The fraction of sp³-hybridized carbons (Fsp3) is 0.400. The molecule has 0 spiro atoms. The van der Waals surface area contributed by atoms with Gasteiger partial charge in [-0.1, -0.05) is 25.0 Å². The van der Waals surface area contributed by atoms with E-state index in [1.807, 2.05) is 30.5 Å². The van der Waals surface area contributed by atoms with Crippen molar-refractivity contribution in [2.45, 2.75) is 38.3 Å². The maximum atomic E-state index is 5.81. The largest absolute Gasteiger partial charge is 0.440 e. The first kappa shape index (κ1) is 12.9. The number of hydrogen-bond donors (Lipinski definition) is 1. The highest BCUT2D eigenvalue weighted by atomic mass is 79.9. The first-order valence-corrected chi connectivity index (χ1v) is 7.55. The van der Waals surface area contributed by atoms with Gasteiger partial charge in [0.2, 0.25) is 5.89 Å². The minimum Gasteiger partial charge on any atom is -0.440 e. The highest BCUT2D eigenvalue weighted by Crippen LogP contribution is 2.27. The van der Waals surface area contributed by atoms with E-state index in [9.17, 15) is 0 Å². The zero-order chi connectivity index (χ0) is 13.1. The maximum absolute atomic E-state index is 5.81. The minimum absolute atomic E-state index is 0.650. The molecule has 1 aromatic heterocycles. The van der Waals surface area contributed by atoms with Gasteiger partial charge < -0.3 is 9.73 Å². The molecule has 0 bridgehead atoms. The topological polar surface area (TPSA) is 38.1 Å². The maximum Gasteiger partial charge on any atom is 0.227 e. The van der Waals surface area contributed by atoms with E-state index in [4.69, 9.17) is 4.42 Å². The Morgan fingerprint density at radius 1 is 1.26 bits per heavy atom. The first-order valence-electron chi connectivity index (χ1n) is 6.76. The van der Waals surface area contributed by atoms with Crippen LogP contribution in [0, 0.1) is 0 Å². The molecular formula is C15H17BrN2O. The Balaban J connectivity index is 1.67. The van der Waals surface area contributed by atoms with Crippen LogP contribution in [0.2, 0.25) is 0 Å². The van der Waals surface area contributed by atoms with Crippen LogP contribution in [0.1, 0.15) is 31.4 Å². The number of benzene rings is 1. The van der Waals surface area contributed by atoms with Crippen LogP contribution in [0.4, 0.5) is 0 Å². The van der Waals surface area contributed by atoms with Crippen molar-refractivity contribution in [3.05, 3.63) is 40.7 Å². The van der Waals surface area contributed by atoms with Gasteiger partial charge in [-0.25, -0.2) is 4.98 Å². The third kappa shape index (κ3) is 3.07. The number of halogens is 1. The van der Waals surface area contributed by atoms with Crippen LogP contribution in [0.25, 0.3) is 11.5 Å². The lowest BCUT2D eigenvalue weighted by Crippen LogP contribution is -2.24. The van der Waals surface area contributed by atoms with Crippen molar-refractivity contribution < 1.29 is 4.42 Å². The van der Waals surface area contributed by atoms with Crippen LogP contribution in [0.15, 0.2) is 39.4 Å². The Labute approximate surface area is 121 Å². The van der Waals surface area contributed by atoms with Crippen LogP contribution in [0.3, 0.4) is 0 Å². The number of rotatable bonds is 4. The van der Waals surface area contributed by atoms with E-state index in [2.05, 4.69) is 26.2 Å². The number of nitrogens with one attached hydrogen (secondary N) is 1. The monoisotopic (exact) mass is 320 g/mol. The zero-order valence-electron chi connectivity index (χ0n) is 10.7. The molecule has 1 fully saturated rings. The van der Waals surface area contributed by atoms with Gasteiger partial charge in [-0.2, -0.15) is 0 Å². The molecule has 1 N–H and O–H groups in total. The molecule has 1 aliphatic carbocycles. The second kappa shape index (κ2) is 5.88. The van der Waals surface area contributed by atoms with E-state index in [1.54, 1.807) is 0 Å². The van der Waals surface area contributed by atoms with Crippen molar-refractivity contribution in [1.82, 2.24) is 10.3 Å². The first-order chi connectivity index (χ1) is 9.33. The summed E-state index contributed by atoms with van der Waals surface area (Å²) < 4.78 is 6.81. The van der Waals surface area contributed by atoms with Gasteiger partial charge in [-0.3, -0.25) is 0 Å². The number of aromatic nitrogens is 1. The highest BCUT2D eigenvalue weighted by molar-refractivity contribution is 9.10. The predicted octanol–water partition coefficient (Wildman–Crippen LogP) is 4.14. The molecule has 1 aromatic carbocycles. The fourth-order valence-electron chi connectivity index (χ4n) is 2.52. The van der Waals surface area contributed by atoms with Crippen molar-refractivity contribution >= 4 is 15.9 Å². The molecule has 3 rings (SSSR count). The predicted molar refractivity (Wildman–Crippen MR) is 78.7 cm³/mol. The molecule has 0 saturated heterocycles. The van der Waals surface area contributed by atoms with Crippen LogP contribution in [0.5, 0.6) is 0 Å². The summed E-state index contributed by atoms with van der Waals surface area (Å²) >= 11 is 3.52. The Morgan fingerprint density at radius 2 is 2.05 bits per heavy atom. The van der Waals surface area contributed by atoms with Crippen molar-refractivity contribution in [3.63, 3.8) is 0 Å². The number of hydrogen-bond acceptors (Lipinski definition) is 3. The zero-order valence-corrected chi connectivity index (χ0v) is 12.3. The summed E-state index contributed by atoms with van der Waals surface area (Å²) in [4.78, 5) is 4.36. The van der Waals surface area contributed by atoms with Crippen molar-refractivity contribution in [3.8, 4) is 11.5 Å². The van der Waals surface area contributed by atoms with Gasteiger partial charge in [0.1, 0.15) is 5.76 Å². The molecule has 4 heteroatoms. The Bertz CT molecular complexity index is 547. The van der Waals surface area contributed by atoms with Crippen LogP contribution >= 0.6 is 15.9 Å². The van der Waals surface area contributed by atoms with Gasteiger partial charge in [-0.05, 0) is 40.9 Å². The molecule has 1 saturated carbocycles. The lowest BCUT2D eigenvalue weighted by Gasteiger charge is -2.09. The quantitative estimate of drug-likeness (QED) is 0.920. The second-order valence-corrected chi connectivity index (χ2v) is 5.83. The smallest absolute Gasteiger partial charge is 0.227 e. The standard InChI is InChI=1S/C15H17BrN2O/c16-14-8-4-3-7-13(14)15-18-10-12(19-15)9-17-11-5-1-2-6-11/h3-4,7-8,10-11,17H,1-2,5-6,9H2. The summed E-state index contributed by atoms with van der Waals surface area (Å²) in [7, 11) is 0. The lowest BCUT2D eigenvalue weighted by atomic mass is 10.2. The lowest BCUT2D eigenvalue weighted by molar-refractivity contribution is 0.451. The van der Waals surface area contributed by atoms with E-state index in [0.717, 1.165) is 22.3 Å². The second-order valence-electron chi connectivity index (χ2n) is 4.97. The molecule has 3 nitrogen and oxygen atoms in total. The molecule has 0 atom stereocenters. The van der Waals surface area contributed by atoms with Gasteiger partial charge in [0.05, 0.1) is 18.3 Å². The molecule has 1 heterocycles. The van der Waals surface area contributed by atoms with E-state index in [0.29, 0.717) is 11.9 Å². The summed E-state index contributed by atoms with van der Waals surface area (Å²) in [6.07, 6.45) is 7.07. The Morgan fingerprint density at radius 3 is 2.84 bits per heavy atom. The third-order valence-corrected chi connectivity index (χ3v) is 4.27. The van der Waals surface area contributed by atoms with Gasteiger partial charge in [0.15, 0.2) is 0 Å². The van der Waals surface area contributed by atoms with Gasteiger partial charge in [0, 0.05) is 10.5 Å². The number of nitrogens with zero attached hydrogens (tertiary/aromatic N) is 1. The molecule has 1 aliphatic rings. The molecule has 2 aromatic rings. The minimum atomic E-state index is 0.650. The molecule has 0 amide bonds. The van der Waals surface area contributed by atoms with Crippen LogP contribution in [-0.2, 0) is 6.54 Å². The van der Waals surface area contributed by atoms with Gasteiger partial charge >= 0.3 is 0 Å². The summed E-state index contributed by atoms with van der Waals surface area (Å²) in [6, 6.07) is 8.62. The third-order valence-electron chi connectivity index (χ3n) is 3.58. The summed E-state index contributed by atoms with van der Waals surface area (Å²) in [5.41, 5.74) is 0.995. The molecular weight excluding hydrogens is 304 g/mol. The Hall–Kier alpha value is -1.13. The van der Waals surface area contributed by atoms with Crippen molar-refractivity contribution in [2.75, 3.05) is 0 Å². The SMILES string of the molecule is Brc1ccccc1-c1ncc(CNC2CCCC2)o1. The highest BCUT2D eigenvalue weighted by Gasteiger charge is 2.15. The van der Waals surface area contributed by atoms with E-state index in [-0.39, 0.29) is 0 Å². The van der Waals surface area contributed by atoms with Crippen molar-refractivity contribution in [1.29, 1.82) is 0 Å². The van der Waals surface area contributed by atoms with Crippen LogP contribution < -0.4 is 5.32 Å². The van der Waals surface area contributed by atoms with Gasteiger partial charge in [0.25, 0.3) is 0 Å². The summed E-state index contributed by atoms with van der Waals surface area (Å²) in [6.45, 7) is 0.766. The summed E-state index contributed by atoms with van der Waals surface area (Å²) in [5, 5.41) is 3.53. The fourth-order valence-corrected chi connectivity index (χ4v) is 2.98. The van der Waals surface area contributed by atoms with Gasteiger partial charge in [-0.15, -0.1) is 0 Å². The molecule has 19 heavy (non-hydrogen) atoms. The summed E-state index contributed by atoms with van der Waals surface area (Å²) in [5.74, 6) is 1.58. The molecule has 100 valence electrons. The van der Waals surface area contributed by atoms with Crippen LogP contribution in [-0.4, -0.2) is 11.0 Å². The average molecular weight is 321 g/mol. The molecule has 0 aliphatic heterocycles. The van der Waals surface area contributed by atoms with E-state index >= 15 is 0 Å². The molecule has 0 radical (unpaired) electrons. The normalized spacial score (nSPS) is 16.1. The van der Waals surface area contributed by atoms with E-state index in [1.165, 1.54) is 25.7 Å². The number of oxazole rings is 1. The van der Waals surface area contributed by atoms with E-state index < -0.39 is 0 Å².